The van der Waals surface area contributed by atoms with Gasteiger partial charge in [-0.05, 0) is 19.1 Å². The van der Waals surface area contributed by atoms with Crippen molar-refractivity contribution < 1.29 is 31.5 Å². The fourth-order valence-electron chi connectivity index (χ4n) is 1.18. The number of hydrogen-bond donors (Lipinski definition) is 1. The van der Waals surface area contributed by atoms with E-state index in [0.717, 1.165) is 0 Å². The third-order valence-electron chi connectivity index (χ3n) is 2.10. The molecule has 0 amide bonds. The van der Waals surface area contributed by atoms with Gasteiger partial charge in [0.2, 0.25) is 0 Å². The van der Waals surface area contributed by atoms with Crippen LogP contribution in [0.25, 0.3) is 0 Å². The Kier molecular flexibility index (Phi) is 6.37. The molecule has 1 heterocycles. The normalized spacial score (nSPS) is 11.7. The van der Waals surface area contributed by atoms with Crippen molar-refractivity contribution in [3.8, 4) is 0 Å². The minimum atomic E-state index is -5.85. The number of carbonyl (C=O) groups excluding carboxylic acids is 1. The Morgan fingerprint density at radius 2 is 1.80 bits per heavy atom. The Morgan fingerprint density at radius 1 is 1.25 bits per heavy atom. The first kappa shape index (κ1) is 19.1. The zero-order chi connectivity index (χ0) is 14.8. The van der Waals surface area contributed by atoms with Gasteiger partial charge >= 0.3 is 18.1 Å². The first-order valence-corrected chi connectivity index (χ1v) is 4.96. The van der Waals surface area contributed by atoms with Crippen molar-refractivity contribution in [3.05, 3.63) is 33.7 Å². The van der Waals surface area contributed by atoms with E-state index in [-0.39, 0.29) is 36.2 Å². The predicted molar refractivity (Wildman–Crippen MR) is 58.7 cm³/mol. The van der Waals surface area contributed by atoms with E-state index in [1.54, 1.807) is 0 Å². The van der Waals surface area contributed by atoms with Gasteiger partial charge in [0.25, 0.3) is 5.56 Å². The number of esters is 1. The Hall–Kier alpha value is -0.930. The van der Waals surface area contributed by atoms with E-state index >= 15 is 0 Å². The molecule has 0 aromatic carbocycles. The molecule has 20 heavy (non-hydrogen) atoms. The van der Waals surface area contributed by atoms with Gasteiger partial charge in [0.1, 0.15) is 5.56 Å². The summed E-state index contributed by atoms with van der Waals surface area (Å²) in [7, 11) is 0. The summed E-state index contributed by atoms with van der Waals surface area (Å²) in [5.74, 6) is -6.31. The van der Waals surface area contributed by atoms with Gasteiger partial charge in [0.05, 0.1) is 12.3 Å². The molecule has 0 fully saturated rings. The number of nitrogens with one attached hydrogen (secondary N) is 1. The molecular formula is C10H8F5NNaO3. The van der Waals surface area contributed by atoms with Crippen molar-refractivity contribution >= 4 is 35.5 Å². The van der Waals surface area contributed by atoms with Crippen LogP contribution < -0.4 is 5.56 Å². The Labute approximate surface area is 131 Å². The number of H-pyrrole nitrogens is 1. The van der Waals surface area contributed by atoms with Gasteiger partial charge in [-0.3, -0.25) is 4.79 Å². The second kappa shape index (κ2) is 6.68. The average Bonchev–Trinajstić information content (AvgIpc) is 2.27. The van der Waals surface area contributed by atoms with Crippen LogP contribution in [0.2, 0.25) is 0 Å². The summed E-state index contributed by atoms with van der Waals surface area (Å²) in [4.78, 5) is 23.8. The van der Waals surface area contributed by atoms with Crippen molar-refractivity contribution in [3.63, 3.8) is 0 Å². The van der Waals surface area contributed by atoms with Gasteiger partial charge in [-0.15, -0.1) is 0 Å². The fraction of sp³-hybridized carbons (Fsp3) is 0.400. The number of halogens is 5. The second-order valence-corrected chi connectivity index (χ2v) is 3.41. The molecule has 0 saturated heterocycles. The van der Waals surface area contributed by atoms with Crippen LogP contribution in [0.5, 0.6) is 0 Å². The van der Waals surface area contributed by atoms with Gasteiger partial charge in [0, 0.05) is 29.6 Å². The molecule has 1 aromatic heterocycles. The van der Waals surface area contributed by atoms with E-state index in [1.807, 2.05) is 0 Å². The van der Waals surface area contributed by atoms with Crippen LogP contribution in [-0.4, -0.2) is 53.3 Å². The molecule has 0 atom stereocenters. The summed E-state index contributed by atoms with van der Waals surface area (Å²) in [6, 6.07) is 0.882. The van der Waals surface area contributed by atoms with Gasteiger partial charge in [0.15, 0.2) is 0 Å². The number of hydrogen-bond acceptors (Lipinski definition) is 3. The van der Waals surface area contributed by atoms with Crippen molar-refractivity contribution in [2.75, 3.05) is 6.61 Å². The molecule has 1 radical (unpaired) electrons. The fourth-order valence-corrected chi connectivity index (χ4v) is 1.18. The van der Waals surface area contributed by atoms with Crippen molar-refractivity contribution in [1.29, 1.82) is 0 Å². The summed E-state index contributed by atoms with van der Waals surface area (Å²) in [6.45, 7) is 1.37. The van der Waals surface area contributed by atoms with Crippen LogP contribution in [0.4, 0.5) is 22.0 Å². The first-order valence-electron chi connectivity index (χ1n) is 4.96. The third-order valence-corrected chi connectivity index (χ3v) is 2.10. The molecule has 0 unspecified atom stereocenters. The van der Waals surface area contributed by atoms with Crippen LogP contribution in [0, 0.1) is 0 Å². The first-order chi connectivity index (χ1) is 8.61. The smallest absolute Gasteiger partial charge is 0.459 e. The molecule has 1 rings (SSSR count). The Balaban J connectivity index is 0.00000361. The molecule has 4 nitrogen and oxygen atoms in total. The quantitative estimate of drug-likeness (QED) is 0.526. The largest absolute Gasteiger partial charge is 0.462 e. The maximum absolute atomic E-state index is 12.9. The molecule has 0 aliphatic carbocycles. The van der Waals surface area contributed by atoms with Gasteiger partial charge in [-0.25, -0.2) is 4.79 Å². The zero-order valence-electron chi connectivity index (χ0n) is 10.5. The topological polar surface area (TPSA) is 59.2 Å². The molecule has 107 valence electrons. The maximum Gasteiger partial charge on any atom is 0.459 e. The summed E-state index contributed by atoms with van der Waals surface area (Å²) >= 11 is 0. The van der Waals surface area contributed by atoms with E-state index in [0.29, 0.717) is 12.1 Å². The molecular weight excluding hydrogens is 300 g/mol. The number of rotatable bonds is 3. The van der Waals surface area contributed by atoms with E-state index in [9.17, 15) is 31.5 Å². The van der Waals surface area contributed by atoms with E-state index in [2.05, 4.69) is 4.74 Å². The minimum absolute atomic E-state index is 0. The van der Waals surface area contributed by atoms with E-state index in [1.165, 1.54) is 11.9 Å². The summed E-state index contributed by atoms with van der Waals surface area (Å²) in [6.07, 6.45) is -5.85. The predicted octanol–water partition coefficient (Wildman–Crippen LogP) is 1.82. The number of carbonyl (C=O) groups is 1. The summed E-state index contributed by atoms with van der Waals surface area (Å²) in [5, 5.41) is 0. The molecule has 0 spiro atoms. The number of pyridine rings is 1. The van der Waals surface area contributed by atoms with Crippen LogP contribution in [-0.2, 0) is 10.7 Å². The number of ether oxygens (including phenoxy) is 1. The molecule has 0 aliphatic heterocycles. The Morgan fingerprint density at radius 3 is 2.20 bits per heavy atom. The minimum Gasteiger partial charge on any atom is -0.462 e. The van der Waals surface area contributed by atoms with Crippen molar-refractivity contribution in [2.45, 2.75) is 19.0 Å². The Bertz CT molecular complexity index is 540. The zero-order valence-corrected chi connectivity index (χ0v) is 12.5. The molecule has 0 aliphatic rings. The SMILES string of the molecule is CCOC(=O)c1ccc(C(F)(F)C(F)(F)F)[nH]c1=O.[Na]. The van der Waals surface area contributed by atoms with Gasteiger partial charge in [-0.2, -0.15) is 22.0 Å². The van der Waals surface area contributed by atoms with Gasteiger partial charge in [-0.1, -0.05) is 0 Å². The van der Waals surface area contributed by atoms with Crippen LogP contribution >= 0.6 is 0 Å². The summed E-state index contributed by atoms with van der Waals surface area (Å²) < 4.78 is 66.5. The number of alkyl halides is 5. The van der Waals surface area contributed by atoms with Gasteiger partial charge < -0.3 is 9.72 Å². The second-order valence-electron chi connectivity index (χ2n) is 3.41. The van der Waals surface area contributed by atoms with Crippen LogP contribution in [0.1, 0.15) is 23.0 Å². The summed E-state index contributed by atoms with van der Waals surface area (Å²) in [5.41, 5.74) is -3.67. The maximum atomic E-state index is 12.9. The molecule has 1 N–H and O–H groups in total. The average molecular weight is 308 g/mol. The van der Waals surface area contributed by atoms with E-state index in [4.69, 9.17) is 0 Å². The third kappa shape index (κ3) is 3.80. The van der Waals surface area contributed by atoms with Crippen LogP contribution in [0.15, 0.2) is 16.9 Å². The number of aromatic amines is 1. The standard InChI is InChI=1S/C10H8F5NO3.Na/c1-2-19-8(18)5-3-4-6(16-7(5)17)9(11,12)10(13,14)15;/h3-4H,2H2,1H3,(H,16,17);. The van der Waals surface area contributed by atoms with Crippen LogP contribution in [0.3, 0.4) is 0 Å². The molecule has 0 saturated carbocycles. The monoisotopic (exact) mass is 308 g/mol. The molecule has 0 bridgehead atoms. The molecule has 1 aromatic rings. The van der Waals surface area contributed by atoms with Crippen molar-refractivity contribution in [2.24, 2.45) is 0 Å². The molecule has 10 heteroatoms. The van der Waals surface area contributed by atoms with Crippen molar-refractivity contribution in [1.82, 2.24) is 4.98 Å². The van der Waals surface area contributed by atoms with E-state index < -0.39 is 34.9 Å². The number of aromatic nitrogens is 1.